The van der Waals surface area contributed by atoms with Crippen LogP contribution in [0.1, 0.15) is 11.8 Å². The van der Waals surface area contributed by atoms with Gasteiger partial charge in [-0.2, -0.15) is 13.2 Å². The molecule has 1 aromatic heterocycles. The fourth-order valence-corrected chi connectivity index (χ4v) is 2.86. The smallest absolute Gasteiger partial charge is 0.356 e. The Morgan fingerprint density at radius 2 is 2.12 bits per heavy atom. The highest BCUT2D eigenvalue weighted by Gasteiger charge is 2.31. The van der Waals surface area contributed by atoms with Crippen molar-refractivity contribution < 1.29 is 18.0 Å². The van der Waals surface area contributed by atoms with E-state index in [0.29, 0.717) is 23.3 Å². The second kappa shape index (κ2) is 9.51. The highest BCUT2D eigenvalue weighted by molar-refractivity contribution is 7.09. The van der Waals surface area contributed by atoms with Crippen molar-refractivity contribution >= 4 is 23.2 Å². The molecule has 1 atom stereocenters. The monoisotopic (exact) mass is 364 g/mol. The van der Waals surface area contributed by atoms with Gasteiger partial charge in [0.1, 0.15) is 6.54 Å². The Bertz CT molecular complexity index is 531. The number of hydrogen-bond donors (Lipinski definition) is 2. The molecule has 0 aromatic carbocycles. The second-order valence-corrected chi connectivity index (χ2v) is 6.59. The Labute approximate surface area is 143 Å². The number of carbonyl (C=O) groups excluding carboxylic acids is 1. The van der Waals surface area contributed by atoms with Gasteiger partial charge in [0.2, 0.25) is 5.91 Å². The first-order chi connectivity index (χ1) is 11.2. The molecule has 1 unspecified atom stereocenters. The summed E-state index contributed by atoms with van der Waals surface area (Å²) >= 11 is 1.70. The summed E-state index contributed by atoms with van der Waals surface area (Å²) < 4.78 is 36.7. The minimum atomic E-state index is -4.40. The summed E-state index contributed by atoms with van der Waals surface area (Å²) in [5.74, 6) is 0.0921. The van der Waals surface area contributed by atoms with Crippen LogP contribution in [0, 0.1) is 5.92 Å². The lowest BCUT2D eigenvalue weighted by Gasteiger charge is -2.20. The largest absolute Gasteiger partial charge is 0.406 e. The summed E-state index contributed by atoms with van der Waals surface area (Å²) in [6.45, 7) is 1.22. The van der Waals surface area contributed by atoms with Crippen molar-refractivity contribution in [3.63, 3.8) is 0 Å². The van der Waals surface area contributed by atoms with Crippen LogP contribution in [0.3, 0.4) is 0 Å². The quantitative estimate of drug-likeness (QED) is 0.576. The molecule has 1 heterocycles. The van der Waals surface area contributed by atoms with Gasteiger partial charge >= 0.3 is 6.18 Å². The zero-order valence-electron chi connectivity index (χ0n) is 14.0. The first-order valence-electron chi connectivity index (χ1n) is 7.49. The zero-order valence-corrected chi connectivity index (χ0v) is 14.8. The van der Waals surface area contributed by atoms with E-state index in [4.69, 9.17) is 0 Å². The Hall–Kier alpha value is -1.77. The van der Waals surface area contributed by atoms with Crippen molar-refractivity contribution in [3.8, 4) is 0 Å². The maximum atomic E-state index is 12.2. The van der Waals surface area contributed by atoms with E-state index in [1.165, 1.54) is 4.88 Å². The summed E-state index contributed by atoms with van der Waals surface area (Å²) in [4.78, 5) is 17.6. The van der Waals surface area contributed by atoms with Crippen molar-refractivity contribution in [1.82, 2.24) is 15.5 Å². The van der Waals surface area contributed by atoms with Crippen LogP contribution in [0.5, 0.6) is 0 Å². The van der Waals surface area contributed by atoms with E-state index in [1.54, 1.807) is 18.4 Å². The minimum absolute atomic E-state index is 0.244. The highest BCUT2D eigenvalue weighted by Crippen LogP contribution is 2.15. The molecule has 0 radical (unpaired) electrons. The number of hydrogen-bond acceptors (Lipinski definition) is 3. The van der Waals surface area contributed by atoms with Gasteiger partial charge in [-0.1, -0.05) is 13.0 Å². The van der Waals surface area contributed by atoms with E-state index >= 15 is 0 Å². The van der Waals surface area contributed by atoms with Crippen molar-refractivity contribution in [1.29, 1.82) is 0 Å². The Morgan fingerprint density at radius 3 is 2.67 bits per heavy atom. The number of aliphatic imine (C=N–C) groups is 1. The average Bonchev–Trinajstić information content (AvgIpc) is 2.98. The van der Waals surface area contributed by atoms with E-state index in [-0.39, 0.29) is 6.54 Å². The number of thiophene rings is 1. The van der Waals surface area contributed by atoms with Gasteiger partial charge in [-0.05, 0) is 23.8 Å². The molecule has 0 aliphatic rings. The first kappa shape index (κ1) is 20.3. The fraction of sp³-hybridized carbons (Fsp3) is 0.600. The normalized spacial score (nSPS) is 13.5. The molecule has 0 aliphatic carbocycles. The van der Waals surface area contributed by atoms with Gasteiger partial charge in [0.05, 0.1) is 6.54 Å². The lowest BCUT2D eigenvalue weighted by molar-refractivity contribution is -0.157. The van der Waals surface area contributed by atoms with Crippen LogP contribution in [-0.4, -0.2) is 56.7 Å². The van der Waals surface area contributed by atoms with Gasteiger partial charge < -0.3 is 15.5 Å². The molecule has 5 nitrogen and oxygen atoms in total. The standard InChI is InChI=1S/C15H23F3N4OS/c1-11(7-12-5-4-6-24-12)8-20-14(19-2)21-9-13(23)22(3)10-15(16,17)18/h4-6,11H,7-10H2,1-3H3,(H2,19,20,21). The Balaban J connectivity index is 2.33. The highest BCUT2D eigenvalue weighted by atomic mass is 32.1. The molecule has 1 aromatic rings. The second-order valence-electron chi connectivity index (χ2n) is 5.56. The summed E-state index contributed by atoms with van der Waals surface area (Å²) in [5.41, 5.74) is 0. The number of carbonyl (C=O) groups is 1. The molecular weight excluding hydrogens is 341 g/mol. The molecule has 0 spiro atoms. The molecule has 0 aliphatic heterocycles. The van der Waals surface area contributed by atoms with E-state index in [1.807, 2.05) is 11.4 Å². The van der Waals surface area contributed by atoms with Crippen LogP contribution >= 0.6 is 11.3 Å². The summed E-state index contributed by atoms with van der Waals surface area (Å²) in [6, 6.07) is 4.08. The molecule has 0 fully saturated rings. The molecule has 0 bridgehead atoms. The van der Waals surface area contributed by atoms with Gasteiger partial charge in [0, 0.05) is 25.5 Å². The predicted octanol–water partition coefficient (Wildman–Crippen LogP) is 2.11. The van der Waals surface area contributed by atoms with Gasteiger partial charge in [-0.25, -0.2) is 0 Å². The van der Waals surface area contributed by atoms with Crippen molar-refractivity contribution in [3.05, 3.63) is 22.4 Å². The fourth-order valence-electron chi connectivity index (χ4n) is 1.99. The molecule has 0 saturated carbocycles. The Kier molecular flexibility index (Phi) is 8.03. The number of halogens is 3. The number of rotatable bonds is 7. The number of nitrogens with one attached hydrogen (secondary N) is 2. The number of alkyl halides is 3. The van der Waals surface area contributed by atoms with Gasteiger partial charge in [-0.3, -0.25) is 9.79 Å². The van der Waals surface area contributed by atoms with Gasteiger partial charge in [0.25, 0.3) is 0 Å². The number of nitrogens with zero attached hydrogens (tertiary/aromatic N) is 2. The van der Waals surface area contributed by atoms with Crippen LogP contribution in [0.2, 0.25) is 0 Å². The van der Waals surface area contributed by atoms with Crippen molar-refractivity contribution in [2.24, 2.45) is 10.9 Å². The number of amides is 1. The van der Waals surface area contributed by atoms with Crippen molar-refractivity contribution in [2.45, 2.75) is 19.5 Å². The van der Waals surface area contributed by atoms with E-state index in [2.05, 4.69) is 28.6 Å². The molecule has 0 saturated heterocycles. The SMILES string of the molecule is CN=C(NCC(=O)N(C)CC(F)(F)F)NCC(C)Cc1cccs1. The molecule has 2 N–H and O–H groups in total. The van der Waals surface area contributed by atoms with Crippen LogP contribution in [-0.2, 0) is 11.2 Å². The molecule has 24 heavy (non-hydrogen) atoms. The van der Waals surface area contributed by atoms with Crippen LogP contribution in [0.25, 0.3) is 0 Å². The van der Waals surface area contributed by atoms with Crippen LogP contribution < -0.4 is 10.6 Å². The van der Waals surface area contributed by atoms with Crippen LogP contribution in [0.15, 0.2) is 22.5 Å². The average molecular weight is 364 g/mol. The molecule has 1 rings (SSSR count). The molecule has 1 amide bonds. The third-order valence-corrected chi connectivity index (χ3v) is 4.12. The van der Waals surface area contributed by atoms with Gasteiger partial charge in [-0.15, -0.1) is 11.3 Å². The molecule has 9 heteroatoms. The lowest BCUT2D eigenvalue weighted by Crippen LogP contribution is -2.46. The molecular formula is C15H23F3N4OS. The summed E-state index contributed by atoms with van der Waals surface area (Å²) in [5, 5.41) is 7.83. The molecule has 136 valence electrons. The van der Waals surface area contributed by atoms with E-state index in [9.17, 15) is 18.0 Å². The Morgan fingerprint density at radius 1 is 1.42 bits per heavy atom. The van der Waals surface area contributed by atoms with E-state index in [0.717, 1.165) is 13.5 Å². The zero-order chi connectivity index (χ0) is 18.2. The number of guanidine groups is 1. The number of likely N-dealkylation sites (N-methyl/N-ethyl adjacent to an activating group) is 1. The van der Waals surface area contributed by atoms with Crippen LogP contribution in [0.4, 0.5) is 13.2 Å². The third kappa shape index (κ3) is 8.19. The van der Waals surface area contributed by atoms with E-state index < -0.39 is 18.6 Å². The maximum absolute atomic E-state index is 12.2. The minimum Gasteiger partial charge on any atom is -0.356 e. The van der Waals surface area contributed by atoms with Crippen molar-refractivity contribution in [2.75, 3.05) is 33.7 Å². The third-order valence-electron chi connectivity index (χ3n) is 3.22. The van der Waals surface area contributed by atoms with Gasteiger partial charge in [0.15, 0.2) is 5.96 Å². The first-order valence-corrected chi connectivity index (χ1v) is 8.37. The predicted molar refractivity (Wildman–Crippen MR) is 90.2 cm³/mol. The summed E-state index contributed by atoms with van der Waals surface area (Å²) in [6.07, 6.45) is -3.48. The maximum Gasteiger partial charge on any atom is 0.406 e. The topological polar surface area (TPSA) is 56.7 Å². The lowest BCUT2D eigenvalue weighted by atomic mass is 10.1. The summed E-state index contributed by atoms with van der Waals surface area (Å²) in [7, 11) is 2.67.